The first-order valence-corrected chi connectivity index (χ1v) is 20.0. The van der Waals surface area contributed by atoms with Crippen LogP contribution >= 0.6 is 11.3 Å². The first kappa shape index (κ1) is 31.4. The Morgan fingerprint density at radius 1 is 0.393 bits per heavy atom. The average Bonchev–Trinajstić information content (AvgIpc) is 3.78. The topological polar surface area (TPSA) is 12.5 Å². The van der Waals surface area contributed by atoms with Crippen molar-refractivity contribution in [2.75, 3.05) is 4.90 Å². The van der Waals surface area contributed by atoms with Gasteiger partial charge in [0, 0.05) is 48.4 Å². The van der Waals surface area contributed by atoms with E-state index in [4.69, 9.17) is 4.74 Å². The molecule has 1 aromatic heterocycles. The predicted molar refractivity (Wildman–Crippen MR) is 234 cm³/mol. The van der Waals surface area contributed by atoms with Crippen LogP contribution in [0.25, 0.3) is 53.2 Å². The highest BCUT2D eigenvalue weighted by Crippen LogP contribution is 2.63. The molecule has 0 unspecified atom stereocenters. The maximum absolute atomic E-state index is 6.71. The molecular weight excluding hydrogens is 699 g/mol. The minimum Gasteiger partial charge on any atom is -0.457 e. The number of rotatable bonds is 4. The Morgan fingerprint density at radius 3 is 1.88 bits per heavy atom. The molecule has 0 atom stereocenters. The summed E-state index contributed by atoms with van der Waals surface area (Å²) in [5.41, 5.74) is 12.5. The number of para-hydroxylation sites is 2. The molecule has 12 rings (SSSR count). The third-order valence-electron chi connectivity index (χ3n) is 11.9. The van der Waals surface area contributed by atoms with Gasteiger partial charge in [-0.2, -0.15) is 0 Å². The molecule has 9 aromatic carbocycles. The van der Waals surface area contributed by atoms with E-state index in [-0.39, 0.29) is 0 Å². The molecule has 0 saturated carbocycles. The summed E-state index contributed by atoms with van der Waals surface area (Å²) < 4.78 is 9.31. The molecule has 0 bridgehead atoms. The number of anilines is 3. The lowest BCUT2D eigenvalue weighted by Crippen LogP contribution is -2.32. The highest BCUT2D eigenvalue weighted by molar-refractivity contribution is 7.25. The minimum absolute atomic E-state index is 0.596. The van der Waals surface area contributed by atoms with E-state index < -0.39 is 5.41 Å². The molecular formula is C53H33NOS. The smallest absolute Gasteiger partial charge is 0.132 e. The fourth-order valence-corrected chi connectivity index (χ4v) is 10.6. The van der Waals surface area contributed by atoms with Crippen molar-refractivity contribution in [1.29, 1.82) is 0 Å². The van der Waals surface area contributed by atoms with Gasteiger partial charge in [-0.1, -0.05) is 140 Å². The number of hydrogen-bond donors (Lipinski definition) is 0. The lowest BCUT2D eigenvalue weighted by molar-refractivity contribution is 0.436. The molecule has 0 saturated heterocycles. The summed E-state index contributed by atoms with van der Waals surface area (Å²) in [5.74, 6) is 1.79. The summed E-state index contributed by atoms with van der Waals surface area (Å²) in [5, 5.41) is 5.07. The van der Waals surface area contributed by atoms with Gasteiger partial charge >= 0.3 is 0 Å². The van der Waals surface area contributed by atoms with Gasteiger partial charge in [-0.15, -0.1) is 11.3 Å². The minimum atomic E-state index is -0.596. The van der Waals surface area contributed by atoms with Gasteiger partial charge in [0.1, 0.15) is 11.5 Å². The SMILES string of the molecule is c1ccc(-c2cccc(N(c3ccc4c(c3)C3(c5ccccc5Oc5ccccc53)c3ccc5ccccc5c3-4)c3ccc4sc5ccccc5c4c3)c2)cc1. The molecule has 1 aliphatic carbocycles. The van der Waals surface area contributed by atoms with Crippen molar-refractivity contribution >= 4 is 59.3 Å². The van der Waals surface area contributed by atoms with Crippen molar-refractivity contribution in [3.63, 3.8) is 0 Å². The van der Waals surface area contributed by atoms with Crippen LogP contribution < -0.4 is 9.64 Å². The Labute approximate surface area is 329 Å². The number of fused-ring (bicyclic) bond motifs is 14. The normalized spacial score (nSPS) is 13.3. The summed E-state index contributed by atoms with van der Waals surface area (Å²) in [6.45, 7) is 0. The van der Waals surface area contributed by atoms with Gasteiger partial charge in [-0.05, 0) is 105 Å². The molecule has 1 spiro atoms. The van der Waals surface area contributed by atoms with E-state index in [0.29, 0.717) is 0 Å². The second-order valence-electron chi connectivity index (χ2n) is 14.8. The number of ether oxygens (including phenoxy) is 1. The van der Waals surface area contributed by atoms with Crippen LogP contribution in [0.5, 0.6) is 11.5 Å². The van der Waals surface area contributed by atoms with Gasteiger partial charge in [-0.25, -0.2) is 0 Å². The first-order valence-electron chi connectivity index (χ1n) is 19.2. The van der Waals surface area contributed by atoms with E-state index >= 15 is 0 Å². The molecule has 0 amide bonds. The molecule has 262 valence electrons. The zero-order valence-electron chi connectivity index (χ0n) is 30.3. The quantitative estimate of drug-likeness (QED) is 0.179. The Kier molecular flexibility index (Phi) is 6.75. The van der Waals surface area contributed by atoms with E-state index in [9.17, 15) is 0 Å². The lowest BCUT2D eigenvalue weighted by Gasteiger charge is -2.39. The molecule has 0 fully saturated rings. The summed E-state index contributed by atoms with van der Waals surface area (Å²) in [6.07, 6.45) is 0. The molecule has 0 N–H and O–H groups in total. The number of benzene rings is 9. The molecule has 2 aliphatic rings. The molecule has 1 aliphatic heterocycles. The van der Waals surface area contributed by atoms with Crippen molar-refractivity contribution in [1.82, 2.24) is 0 Å². The molecule has 0 radical (unpaired) electrons. The standard InChI is InChI=1S/C53H33NOS/c1-2-13-34(14-3-1)36-16-12-17-37(31-36)54(38-27-30-51-43(32-38)41-19-6-11-24-50(41)56-51)39-26-28-42-47(33-39)53(46-29-25-35-15-4-5-18-40(35)52(42)46)44-20-7-9-22-48(44)55-49-23-10-8-21-45(49)53/h1-33H. The van der Waals surface area contributed by atoms with Gasteiger partial charge in [0.15, 0.2) is 0 Å². The summed E-state index contributed by atoms with van der Waals surface area (Å²) in [7, 11) is 0. The van der Waals surface area contributed by atoms with Crippen molar-refractivity contribution < 1.29 is 4.74 Å². The highest BCUT2D eigenvalue weighted by Gasteiger charge is 2.51. The second kappa shape index (κ2) is 12.0. The van der Waals surface area contributed by atoms with Gasteiger partial charge in [-0.3, -0.25) is 0 Å². The summed E-state index contributed by atoms with van der Waals surface area (Å²) in [6, 6.07) is 73.3. The van der Waals surface area contributed by atoms with Gasteiger partial charge < -0.3 is 9.64 Å². The number of hydrogen-bond acceptors (Lipinski definition) is 3. The third-order valence-corrected chi connectivity index (χ3v) is 13.1. The lowest BCUT2D eigenvalue weighted by atomic mass is 9.66. The first-order chi connectivity index (χ1) is 27.8. The van der Waals surface area contributed by atoms with Crippen LogP contribution in [0.2, 0.25) is 0 Å². The van der Waals surface area contributed by atoms with E-state index in [1.54, 1.807) is 0 Å². The van der Waals surface area contributed by atoms with Crippen LogP contribution in [0.4, 0.5) is 17.1 Å². The Bertz CT molecular complexity index is 3150. The van der Waals surface area contributed by atoms with Gasteiger partial charge in [0.05, 0.1) is 5.41 Å². The van der Waals surface area contributed by atoms with Gasteiger partial charge in [0.2, 0.25) is 0 Å². The van der Waals surface area contributed by atoms with E-state index in [0.717, 1.165) is 39.7 Å². The van der Waals surface area contributed by atoms with E-state index in [1.165, 1.54) is 64.3 Å². The van der Waals surface area contributed by atoms with Crippen molar-refractivity contribution in [2.45, 2.75) is 5.41 Å². The molecule has 2 nitrogen and oxygen atoms in total. The highest BCUT2D eigenvalue weighted by atomic mass is 32.1. The molecule has 10 aromatic rings. The summed E-state index contributed by atoms with van der Waals surface area (Å²) in [4.78, 5) is 2.45. The summed E-state index contributed by atoms with van der Waals surface area (Å²) >= 11 is 1.85. The van der Waals surface area contributed by atoms with Crippen LogP contribution in [-0.4, -0.2) is 0 Å². The maximum Gasteiger partial charge on any atom is 0.132 e. The Hall–Kier alpha value is -6.94. The van der Waals surface area contributed by atoms with Crippen molar-refractivity contribution in [3.05, 3.63) is 222 Å². The largest absolute Gasteiger partial charge is 0.457 e. The van der Waals surface area contributed by atoms with Crippen LogP contribution in [0.15, 0.2) is 200 Å². The fraction of sp³-hybridized carbons (Fsp3) is 0.0189. The second-order valence-corrected chi connectivity index (χ2v) is 15.9. The van der Waals surface area contributed by atoms with Crippen LogP contribution in [-0.2, 0) is 5.41 Å². The van der Waals surface area contributed by atoms with Gasteiger partial charge in [0.25, 0.3) is 0 Å². The maximum atomic E-state index is 6.71. The number of thiophene rings is 1. The van der Waals surface area contributed by atoms with Crippen molar-refractivity contribution in [2.24, 2.45) is 0 Å². The zero-order valence-corrected chi connectivity index (χ0v) is 31.1. The van der Waals surface area contributed by atoms with Crippen LogP contribution in [0.3, 0.4) is 0 Å². The van der Waals surface area contributed by atoms with E-state index in [2.05, 4.69) is 205 Å². The average molecular weight is 732 g/mol. The monoisotopic (exact) mass is 731 g/mol. The number of nitrogens with zero attached hydrogens (tertiary/aromatic N) is 1. The fourth-order valence-electron chi connectivity index (χ4n) is 9.55. The van der Waals surface area contributed by atoms with Crippen LogP contribution in [0, 0.1) is 0 Å². The van der Waals surface area contributed by atoms with E-state index in [1.807, 2.05) is 11.3 Å². The zero-order chi connectivity index (χ0) is 36.8. The predicted octanol–water partition coefficient (Wildman–Crippen LogP) is 14.8. The third kappa shape index (κ3) is 4.43. The molecule has 2 heterocycles. The Balaban J connectivity index is 1.17. The Morgan fingerprint density at radius 2 is 1.04 bits per heavy atom. The molecule has 3 heteroatoms. The van der Waals surface area contributed by atoms with Crippen LogP contribution in [0.1, 0.15) is 22.3 Å². The van der Waals surface area contributed by atoms with Crippen molar-refractivity contribution in [3.8, 4) is 33.8 Å². The molecule has 56 heavy (non-hydrogen) atoms.